The summed E-state index contributed by atoms with van der Waals surface area (Å²) in [5.41, 5.74) is 4.39. The predicted octanol–water partition coefficient (Wildman–Crippen LogP) is 3.09. The van der Waals surface area contributed by atoms with Crippen molar-refractivity contribution in [2.45, 2.75) is 46.0 Å². The van der Waals surface area contributed by atoms with Crippen molar-refractivity contribution in [3.63, 3.8) is 0 Å². The van der Waals surface area contributed by atoms with Crippen LogP contribution in [0.15, 0.2) is 24.3 Å². The number of carbonyl (C=O) groups excluding carboxylic acids is 1. The second kappa shape index (κ2) is 6.63. The number of piperazine rings is 1. The first-order chi connectivity index (χ1) is 12.9. The van der Waals surface area contributed by atoms with Crippen LogP contribution in [-0.4, -0.2) is 47.0 Å². The topological polar surface area (TPSA) is 49.3 Å². The maximum absolute atomic E-state index is 13.3. The average molecular weight is 364 g/mol. The van der Waals surface area contributed by atoms with Gasteiger partial charge >= 0.3 is 0 Å². The molecule has 1 saturated carbocycles. The highest BCUT2D eigenvalue weighted by molar-refractivity contribution is 5.91. The largest absolute Gasteiger partial charge is 0.353 e. The van der Waals surface area contributed by atoms with Crippen LogP contribution in [0.1, 0.15) is 41.1 Å². The van der Waals surface area contributed by atoms with E-state index in [4.69, 9.17) is 0 Å². The third-order valence-corrected chi connectivity index (χ3v) is 5.78. The second-order valence-electron chi connectivity index (χ2n) is 8.15. The van der Waals surface area contributed by atoms with Gasteiger partial charge in [0.05, 0.1) is 5.41 Å². The lowest BCUT2D eigenvalue weighted by molar-refractivity contribution is -0.134. The van der Waals surface area contributed by atoms with E-state index >= 15 is 0 Å². The van der Waals surface area contributed by atoms with Crippen molar-refractivity contribution < 1.29 is 4.79 Å². The third kappa shape index (κ3) is 3.43. The summed E-state index contributed by atoms with van der Waals surface area (Å²) >= 11 is 0. The minimum atomic E-state index is -0.277. The van der Waals surface area contributed by atoms with Gasteiger partial charge in [0.15, 0.2) is 0 Å². The number of hydrogen-bond acceptors (Lipinski definition) is 4. The monoisotopic (exact) mass is 364 g/mol. The zero-order chi connectivity index (χ0) is 19.2. The van der Waals surface area contributed by atoms with Gasteiger partial charge in [-0.25, -0.2) is 9.97 Å². The number of amides is 1. The lowest BCUT2D eigenvalue weighted by Crippen LogP contribution is -2.51. The molecule has 0 unspecified atom stereocenters. The molecule has 1 saturated heterocycles. The van der Waals surface area contributed by atoms with E-state index in [-0.39, 0.29) is 5.41 Å². The standard InChI is InChI=1S/C22H28N4O/c1-15-11-16(2)13-19(12-15)22(5-6-22)21(27)26-9-7-25(8-10-26)20-14-17(3)23-18(4)24-20/h11-14H,5-10H2,1-4H3. The summed E-state index contributed by atoms with van der Waals surface area (Å²) in [7, 11) is 0. The van der Waals surface area contributed by atoms with Crippen molar-refractivity contribution in [3.05, 3.63) is 52.5 Å². The Morgan fingerprint density at radius 2 is 1.52 bits per heavy atom. The number of benzene rings is 1. The normalized spacial score (nSPS) is 18.5. The van der Waals surface area contributed by atoms with Gasteiger partial charge in [0.25, 0.3) is 0 Å². The molecule has 0 radical (unpaired) electrons. The predicted molar refractivity (Wildman–Crippen MR) is 107 cm³/mol. The smallest absolute Gasteiger partial charge is 0.233 e. The van der Waals surface area contributed by atoms with E-state index < -0.39 is 0 Å². The van der Waals surface area contributed by atoms with E-state index in [2.05, 4.69) is 51.8 Å². The highest BCUT2D eigenvalue weighted by Crippen LogP contribution is 2.50. The quantitative estimate of drug-likeness (QED) is 0.840. The van der Waals surface area contributed by atoms with Gasteiger partial charge in [-0.3, -0.25) is 4.79 Å². The molecule has 2 aliphatic rings. The number of rotatable bonds is 3. The van der Waals surface area contributed by atoms with Crippen LogP contribution in [0.25, 0.3) is 0 Å². The minimum Gasteiger partial charge on any atom is -0.353 e. The molecule has 1 aromatic carbocycles. The fourth-order valence-corrected chi connectivity index (χ4v) is 4.30. The average Bonchev–Trinajstić information content (AvgIpc) is 3.41. The van der Waals surface area contributed by atoms with Crippen molar-refractivity contribution in [3.8, 4) is 0 Å². The summed E-state index contributed by atoms with van der Waals surface area (Å²) in [6.45, 7) is 11.3. The minimum absolute atomic E-state index is 0.277. The molecule has 2 fully saturated rings. The molecule has 2 heterocycles. The molecule has 0 N–H and O–H groups in total. The molecule has 27 heavy (non-hydrogen) atoms. The number of aryl methyl sites for hydroxylation is 4. The first-order valence-corrected chi connectivity index (χ1v) is 9.83. The molecule has 142 valence electrons. The first-order valence-electron chi connectivity index (χ1n) is 9.83. The van der Waals surface area contributed by atoms with Gasteiger partial charge in [-0.05, 0) is 46.1 Å². The molecule has 1 aliphatic carbocycles. The molecular formula is C22H28N4O. The van der Waals surface area contributed by atoms with Crippen LogP contribution < -0.4 is 4.90 Å². The van der Waals surface area contributed by atoms with Gasteiger partial charge in [0.2, 0.25) is 5.91 Å². The summed E-state index contributed by atoms with van der Waals surface area (Å²) in [6.07, 6.45) is 1.94. The highest BCUT2D eigenvalue weighted by Gasteiger charge is 2.53. The van der Waals surface area contributed by atoms with E-state index in [1.54, 1.807) is 0 Å². The molecule has 1 aromatic heterocycles. The molecule has 1 amide bonds. The summed E-state index contributed by atoms with van der Waals surface area (Å²) in [5, 5.41) is 0. The van der Waals surface area contributed by atoms with E-state index in [9.17, 15) is 4.79 Å². The summed E-state index contributed by atoms with van der Waals surface area (Å²) in [6, 6.07) is 8.60. The first kappa shape index (κ1) is 18.0. The number of aromatic nitrogens is 2. The summed E-state index contributed by atoms with van der Waals surface area (Å²) < 4.78 is 0. The molecule has 5 nitrogen and oxygen atoms in total. The van der Waals surface area contributed by atoms with Crippen molar-refractivity contribution in [1.82, 2.24) is 14.9 Å². The Hall–Kier alpha value is -2.43. The Balaban J connectivity index is 1.47. The number of carbonyl (C=O) groups is 1. The molecular weight excluding hydrogens is 336 g/mol. The summed E-state index contributed by atoms with van der Waals surface area (Å²) in [4.78, 5) is 26.6. The number of anilines is 1. The van der Waals surface area contributed by atoms with E-state index in [0.29, 0.717) is 5.91 Å². The zero-order valence-electron chi connectivity index (χ0n) is 16.7. The molecule has 1 aliphatic heterocycles. The van der Waals surface area contributed by atoms with Crippen LogP contribution in [0.5, 0.6) is 0 Å². The van der Waals surface area contributed by atoms with Gasteiger partial charge in [-0.15, -0.1) is 0 Å². The molecule has 0 bridgehead atoms. The van der Waals surface area contributed by atoms with Gasteiger partial charge in [0.1, 0.15) is 11.6 Å². The Bertz CT molecular complexity index is 839. The maximum atomic E-state index is 13.3. The summed E-state index contributed by atoms with van der Waals surface area (Å²) in [5.74, 6) is 2.08. The van der Waals surface area contributed by atoms with Crippen LogP contribution in [0.2, 0.25) is 0 Å². The van der Waals surface area contributed by atoms with Gasteiger partial charge < -0.3 is 9.80 Å². The fraction of sp³-hybridized carbons (Fsp3) is 0.500. The Labute approximate surface area is 161 Å². The SMILES string of the molecule is Cc1cc(C)cc(C2(C(=O)N3CCN(c4cc(C)nc(C)n4)CC3)CC2)c1. The van der Waals surface area contributed by atoms with Gasteiger partial charge in [0, 0.05) is 37.9 Å². The Kier molecular flexibility index (Phi) is 4.41. The molecule has 5 heteroatoms. The van der Waals surface area contributed by atoms with Crippen molar-refractivity contribution in [2.24, 2.45) is 0 Å². The van der Waals surface area contributed by atoms with Crippen LogP contribution in [0.3, 0.4) is 0 Å². The van der Waals surface area contributed by atoms with Crippen molar-refractivity contribution >= 4 is 11.7 Å². The van der Waals surface area contributed by atoms with Crippen molar-refractivity contribution in [2.75, 3.05) is 31.1 Å². The Morgan fingerprint density at radius 3 is 2.07 bits per heavy atom. The molecule has 0 atom stereocenters. The van der Waals surface area contributed by atoms with Crippen LogP contribution in [0.4, 0.5) is 5.82 Å². The fourth-order valence-electron chi connectivity index (χ4n) is 4.30. The van der Waals surface area contributed by atoms with Gasteiger partial charge in [-0.1, -0.05) is 29.3 Å². The number of nitrogens with zero attached hydrogens (tertiary/aromatic N) is 4. The van der Waals surface area contributed by atoms with E-state index in [1.165, 1.54) is 16.7 Å². The second-order valence-corrected chi connectivity index (χ2v) is 8.15. The van der Waals surface area contributed by atoms with E-state index in [0.717, 1.165) is 56.4 Å². The van der Waals surface area contributed by atoms with Crippen LogP contribution in [-0.2, 0) is 10.2 Å². The Morgan fingerprint density at radius 1 is 0.889 bits per heavy atom. The zero-order valence-corrected chi connectivity index (χ0v) is 16.7. The highest BCUT2D eigenvalue weighted by atomic mass is 16.2. The van der Waals surface area contributed by atoms with Crippen LogP contribution >= 0.6 is 0 Å². The number of hydrogen-bond donors (Lipinski definition) is 0. The third-order valence-electron chi connectivity index (χ3n) is 5.78. The lowest BCUT2D eigenvalue weighted by Gasteiger charge is -2.37. The molecule has 4 rings (SSSR count). The lowest BCUT2D eigenvalue weighted by atomic mass is 9.91. The molecule has 0 spiro atoms. The van der Waals surface area contributed by atoms with E-state index in [1.807, 2.05) is 19.9 Å². The maximum Gasteiger partial charge on any atom is 0.233 e. The molecule has 2 aromatic rings. The van der Waals surface area contributed by atoms with Crippen LogP contribution in [0, 0.1) is 27.7 Å². The van der Waals surface area contributed by atoms with Gasteiger partial charge in [-0.2, -0.15) is 0 Å². The van der Waals surface area contributed by atoms with Crippen molar-refractivity contribution in [1.29, 1.82) is 0 Å².